The molecule has 0 bridgehead atoms. The van der Waals surface area contributed by atoms with Crippen molar-refractivity contribution in [3.8, 4) is 5.69 Å². The van der Waals surface area contributed by atoms with E-state index in [-0.39, 0.29) is 30.3 Å². The summed E-state index contributed by atoms with van der Waals surface area (Å²) in [7, 11) is 0. The molecule has 1 aromatic carbocycles. The van der Waals surface area contributed by atoms with Crippen LogP contribution >= 0.6 is 12.4 Å². The third-order valence-electron chi connectivity index (χ3n) is 4.73. The molecule has 9 heteroatoms. The molecule has 3 rings (SSSR count). The lowest BCUT2D eigenvalue weighted by Gasteiger charge is -2.34. The van der Waals surface area contributed by atoms with E-state index in [1.54, 1.807) is 29.2 Å². The summed E-state index contributed by atoms with van der Waals surface area (Å²) in [5.41, 5.74) is 5.83. The van der Waals surface area contributed by atoms with Crippen LogP contribution in [0.2, 0.25) is 0 Å². The number of nitrogens with two attached hydrogens (primary N) is 1. The first kappa shape index (κ1) is 21.2. The molecule has 0 aliphatic carbocycles. The van der Waals surface area contributed by atoms with Gasteiger partial charge in [0.05, 0.1) is 5.69 Å². The molecule has 1 aliphatic rings. The van der Waals surface area contributed by atoms with E-state index in [0.717, 1.165) is 23.6 Å². The maximum atomic E-state index is 12.8. The first-order chi connectivity index (χ1) is 12.3. The standard InChI is InChI=1S/C18H21F3N4O.ClH/c1-12(22)14-5-3-8-24(11-14)17(26)13-4-2-6-15(10-13)25-9-7-16(23-25)18(19,20)21;/h2,4,6-7,9-10,12,14H,3,5,8,11,22H2,1H3;1H. The minimum atomic E-state index is -4.50. The molecule has 2 aromatic rings. The lowest BCUT2D eigenvalue weighted by molar-refractivity contribution is -0.141. The van der Waals surface area contributed by atoms with Gasteiger partial charge >= 0.3 is 6.18 Å². The van der Waals surface area contributed by atoms with E-state index < -0.39 is 11.9 Å². The van der Waals surface area contributed by atoms with Crippen LogP contribution in [-0.2, 0) is 6.18 Å². The van der Waals surface area contributed by atoms with Crippen molar-refractivity contribution in [2.24, 2.45) is 11.7 Å². The smallest absolute Gasteiger partial charge is 0.338 e. The lowest BCUT2D eigenvalue weighted by Crippen LogP contribution is -2.45. The van der Waals surface area contributed by atoms with Crippen LogP contribution < -0.4 is 5.73 Å². The maximum Gasteiger partial charge on any atom is 0.435 e. The fourth-order valence-corrected chi connectivity index (χ4v) is 3.21. The van der Waals surface area contributed by atoms with Crippen LogP contribution in [0.1, 0.15) is 35.8 Å². The minimum Gasteiger partial charge on any atom is -0.338 e. The SMILES string of the molecule is CC(N)C1CCCN(C(=O)c2cccc(-n3ccc(C(F)(F)F)n3)c2)C1.Cl. The second kappa shape index (κ2) is 8.31. The molecule has 1 fully saturated rings. The average molecular weight is 403 g/mol. The molecule has 1 amide bonds. The lowest BCUT2D eigenvalue weighted by atomic mass is 9.92. The number of hydrogen-bond donors (Lipinski definition) is 1. The zero-order chi connectivity index (χ0) is 18.9. The van der Waals surface area contributed by atoms with Gasteiger partial charge in [-0.3, -0.25) is 4.79 Å². The van der Waals surface area contributed by atoms with Crippen LogP contribution in [0.5, 0.6) is 0 Å². The molecule has 2 atom stereocenters. The van der Waals surface area contributed by atoms with Crippen molar-refractivity contribution in [1.82, 2.24) is 14.7 Å². The number of amides is 1. The fourth-order valence-electron chi connectivity index (χ4n) is 3.21. The zero-order valence-corrected chi connectivity index (χ0v) is 15.6. The first-order valence-electron chi connectivity index (χ1n) is 8.54. The van der Waals surface area contributed by atoms with Gasteiger partial charge in [-0.25, -0.2) is 4.68 Å². The monoisotopic (exact) mass is 402 g/mol. The summed E-state index contributed by atoms with van der Waals surface area (Å²) in [4.78, 5) is 14.6. The number of alkyl halides is 3. The van der Waals surface area contributed by atoms with E-state index in [1.165, 1.54) is 6.20 Å². The van der Waals surface area contributed by atoms with E-state index in [0.29, 0.717) is 24.3 Å². The van der Waals surface area contributed by atoms with Gasteiger partial charge in [-0.05, 0) is 49.9 Å². The highest BCUT2D eigenvalue weighted by Gasteiger charge is 2.33. The van der Waals surface area contributed by atoms with Crippen molar-refractivity contribution in [2.75, 3.05) is 13.1 Å². The van der Waals surface area contributed by atoms with Gasteiger partial charge in [-0.15, -0.1) is 12.4 Å². The highest BCUT2D eigenvalue weighted by molar-refractivity contribution is 5.94. The Morgan fingerprint density at radius 3 is 2.70 bits per heavy atom. The van der Waals surface area contributed by atoms with Crippen molar-refractivity contribution in [2.45, 2.75) is 32.0 Å². The van der Waals surface area contributed by atoms with Crippen molar-refractivity contribution in [3.05, 3.63) is 47.8 Å². The minimum absolute atomic E-state index is 0. The van der Waals surface area contributed by atoms with E-state index in [1.807, 2.05) is 6.92 Å². The Morgan fingerprint density at radius 1 is 1.33 bits per heavy atom. The van der Waals surface area contributed by atoms with Crippen molar-refractivity contribution in [3.63, 3.8) is 0 Å². The Hall–Kier alpha value is -2.06. The number of carbonyl (C=O) groups excluding carboxylic acids is 1. The average Bonchev–Trinajstić information content (AvgIpc) is 3.12. The third-order valence-corrected chi connectivity index (χ3v) is 4.73. The molecule has 2 unspecified atom stereocenters. The Morgan fingerprint density at radius 2 is 2.07 bits per heavy atom. The molecule has 27 heavy (non-hydrogen) atoms. The Balaban J connectivity index is 0.00000261. The second-order valence-corrected chi connectivity index (χ2v) is 6.71. The molecular formula is C18H22ClF3N4O. The van der Waals surface area contributed by atoms with Crippen LogP contribution in [0.15, 0.2) is 36.5 Å². The van der Waals surface area contributed by atoms with Gasteiger partial charge in [0.1, 0.15) is 0 Å². The summed E-state index contributed by atoms with van der Waals surface area (Å²) < 4.78 is 39.3. The quantitative estimate of drug-likeness (QED) is 0.854. The molecule has 2 N–H and O–H groups in total. The van der Waals surface area contributed by atoms with E-state index in [9.17, 15) is 18.0 Å². The Bertz CT molecular complexity index is 791. The van der Waals surface area contributed by atoms with Gasteiger partial charge in [0.15, 0.2) is 5.69 Å². The molecular weight excluding hydrogens is 381 g/mol. The maximum absolute atomic E-state index is 12.8. The number of aromatic nitrogens is 2. The number of likely N-dealkylation sites (tertiary alicyclic amines) is 1. The van der Waals surface area contributed by atoms with Gasteiger partial charge in [0.2, 0.25) is 0 Å². The number of nitrogens with zero attached hydrogens (tertiary/aromatic N) is 3. The summed E-state index contributed by atoms with van der Waals surface area (Å²) in [6.45, 7) is 3.20. The number of halogens is 4. The number of carbonyl (C=O) groups is 1. The molecule has 1 aliphatic heterocycles. The molecule has 0 spiro atoms. The van der Waals surface area contributed by atoms with Crippen LogP contribution in [-0.4, -0.2) is 39.7 Å². The summed E-state index contributed by atoms with van der Waals surface area (Å²) in [6, 6.07) is 7.41. The number of hydrogen-bond acceptors (Lipinski definition) is 3. The molecule has 148 valence electrons. The molecule has 5 nitrogen and oxygen atoms in total. The van der Waals surface area contributed by atoms with Gasteiger partial charge < -0.3 is 10.6 Å². The molecule has 0 saturated carbocycles. The van der Waals surface area contributed by atoms with Crippen molar-refractivity contribution < 1.29 is 18.0 Å². The van der Waals surface area contributed by atoms with E-state index in [4.69, 9.17) is 5.73 Å². The third kappa shape index (κ3) is 4.81. The topological polar surface area (TPSA) is 64.2 Å². The summed E-state index contributed by atoms with van der Waals surface area (Å²) in [5.74, 6) is 0.122. The largest absolute Gasteiger partial charge is 0.435 e. The summed E-state index contributed by atoms with van der Waals surface area (Å²) in [5, 5.41) is 3.55. The number of rotatable bonds is 3. The molecule has 2 heterocycles. The normalized spacial score (nSPS) is 18.7. The zero-order valence-electron chi connectivity index (χ0n) is 14.8. The van der Waals surface area contributed by atoms with E-state index >= 15 is 0 Å². The first-order valence-corrected chi connectivity index (χ1v) is 8.54. The predicted octanol–water partition coefficient (Wildman–Crippen LogP) is 3.51. The van der Waals surface area contributed by atoms with Crippen LogP contribution in [0.25, 0.3) is 5.69 Å². The molecule has 1 saturated heterocycles. The Labute approximate surface area is 161 Å². The predicted molar refractivity (Wildman–Crippen MR) is 98.1 cm³/mol. The van der Waals surface area contributed by atoms with Crippen molar-refractivity contribution >= 4 is 18.3 Å². The van der Waals surface area contributed by atoms with Crippen LogP contribution in [0, 0.1) is 5.92 Å². The summed E-state index contributed by atoms with van der Waals surface area (Å²) in [6.07, 6.45) is -1.37. The molecule has 1 aromatic heterocycles. The van der Waals surface area contributed by atoms with Gasteiger partial charge in [-0.2, -0.15) is 18.3 Å². The van der Waals surface area contributed by atoms with Crippen LogP contribution in [0.4, 0.5) is 13.2 Å². The highest BCUT2D eigenvalue weighted by Crippen LogP contribution is 2.28. The van der Waals surface area contributed by atoms with Gasteiger partial charge in [0.25, 0.3) is 5.91 Å². The summed E-state index contributed by atoms with van der Waals surface area (Å²) >= 11 is 0. The van der Waals surface area contributed by atoms with E-state index in [2.05, 4.69) is 5.10 Å². The van der Waals surface area contributed by atoms with Crippen molar-refractivity contribution in [1.29, 1.82) is 0 Å². The molecule has 0 radical (unpaired) electrons. The Kier molecular flexibility index (Phi) is 6.54. The highest BCUT2D eigenvalue weighted by atomic mass is 35.5. The number of benzene rings is 1. The van der Waals surface area contributed by atoms with Crippen LogP contribution in [0.3, 0.4) is 0 Å². The fraction of sp³-hybridized carbons (Fsp3) is 0.444. The number of piperidine rings is 1. The van der Waals surface area contributed by atoms with Gasteiger partial charge in [0, 0.05) is 30.9 Å². The van der Waals surface area contributed by atoms with Gasteiger partial charge in [-0.1, -0.05) is 6.07 Å². The second-order valence-electron chi connectivity index (χ2n) is 6.71.